The van der Waals surface area contributed by atoms with Crippen molar-refractivity contribution < 1.29 is 9.18 Å². The Morgan fingerprint density at radius 1 is 1.10 bits per heavy atom. The number of aliphatic imine (C=N–C) groups is 1. The molecule has 0 amide bonds. The van der Waals surface area contributed by atoms with Crippen LogP contribution in [0.4, 0.5) is 10.3 Å². The molecule has 0 atom stereocenters. The fraction of sp³-hybridized carbons (Fsp3) is 0.0625. The minimum Gasteiger partial charge on any atom is -0.274 e. The van der Waals surface area contributed by atoms with Crippen molar-refractivity contribution in [3.05, 3.63) is 59.9 Å². The third kappa shape index (κ3) is 1.86. The molecule has 0 aliphatic carbocycles. The van der Waals surface area contributed by atoms with Gasteiger partial charge in [-0.15, -0.1) is 0 Å². The fourth-order valence-electron chi connectivity index (χ4n) is 2.55. The van der Waals surface area contributed by atoms with Crippen molar-refractivity contribution in [2.75, 3.05) is 0 Å². The molecular formula is C16H10FN3O. The summed E-state index contributed by atoms with van der Waals surface area (Å²) in [4.78, 5) is 21.2. The average molecular weight is 279 g/mol. The van der Waals surface area contributed by atoms with E-state index >= 15 is 0 Å². The molecule has 0 saturated heterocycles. The van der Waals surface area contributed by atoms with Crippen molar-refractivity contribution in [3.8, 4) is 0 Å². The van der Waals surface area contributed by atoms with Crippen LogP contribution in [0.3, 0.4) is 0 Å². The Bertz CT molecular complexity index is 911. The van der Waals surface area contributed by atoms with Crippen LogP contribution in [0.15, 0.2) is 53.5 Å². The summed E-state index contributed by atoms with van der Waals surface area (Å²) in [5.41, 5.74) is 2.63. The lowest BCUT2D eigenvalue weighted by Gasteiger charge is -2.13. The highest BCUT2D eigenvalue weighted by Gasteiger charge is 2.24. The van der Waals surface area contributed by atoms with E-state index in [1.54, 1.807) is 12.1 Å². The number of rotatable bonds is 1. The number of hydrogen-bond acceptors (Lipinski definition) is 3. The van der Waals surface area contributed by atoms with Crippen LogP contribution in [-0.2, 0) is 0 Å². The summed E-state index contributed by atoms with van der Waals surface area (Å²) in [7, 11) is 0. The van der Waals surface area contributed by atoms with Crippen LogP contribution in [0.5, 0.6) is 0 Å². The summed E-state index contributed by atoms with van der Waals surface area (Å²) >= 11 is 0. The minimum absolute atomic E-state index is 0.104. The molecule has 0 saturated carbocycles. The van der Waals surface area contributed by atoms with Gasteiger partial charge in [-0.05, 0) is 29.8 Å². The van der Waals surface area contributed by atoms with Gasteiger partial charge in [-0.2, -0.15) is 0 Å². The lowest BCUT2D eigenvalue weighted by molar-refractivity contribution is 0.0926. The number of carbonyl (C=O) groups excluding carboxylic acids is 1. The van der Waals surface area contributed by atoms with Gasteiger partial charge in [-0.25, -0.2) is 18.9 Å². The Hall–Kier alpha value is -2.82. The largest absolute Gasteiger partial charge is 0.274 e. The molecule has 4 rings (SSSR count). The first-order chi connectivity index (χ1) is 10.2. The number of para-hydroxylation sites is 2. The zero-order chi connectivity index (χ0) is 14.4. The van der Waals surface area contributed by atoms with Crippen LogP contribution in [0.2, 0.25) is 0 Å². The first-order valence-corrected chi connectivity index (χ1v) is 6.56. The molecule has 1 aliphatic rings. The predicted octanol–water partition coefficient (Wildman–Crippen LogP) is 3.34. The number of aromatic nitrogens is 2. The van der Waals surface area contributed by atoms with Crippen LogP contribution in [0.25, 0.3) is 11.0 Å². The number of fused-ring (bicyclic) bond motifs is 3. The van der Waals surface area contributed by atoms with Gasteiger partial charge in [0.05, 0.1) is 23.2 Å². The molecule has 0 N–H and O–H groups in total. The zero-order valence-corrected chi connectivity index (χ0v) is 11.0. The number of carbonyl (C=O) groups is 1. The molecule has 0 spiro atoms. The molecule has 0 bridgehead atoms. The highest BCUT2D eigenvalue weighted by atomic mass is 19.1. The first-order valence-electron chi connectivity index (χ1n) is 6.56. The standard InChI is InChI=1S/C16H10FN3O/c17-11-5-3-4-10(8-11)13-9-15(21)20-14-7-2-1-6-12(14)18-16(20)19-13/h1-8H,9H2. The molecule has 0 fully saturated rings. The molecule has 1 aromatic heterocycles. The van der Waals surface area contributed by atoms with E-state index < -0.39 is 0 Å². The van der Waals surface area contributed by atoms with E-state index in [4.69, 9.17) is 0 Å². The maximum absolute atomic E-state index is 13.3. The number of hydrogen-bond donors (Lipinski definition) is 0. The second kappa shape index (κ2) is 4.34. The molecule has 0 unspecified atom stereocenters. The molecular weight excluding hydrogens is 269 g/mol. The van der Waals surface area contributed by atoms with Gasteiger partial charge in [-0.1, -0.05) is 24.3 Å². The minimum atomic E-state index is -0.346. The van der Waals surface area contributed by atoms with Crippen LogP contribution in [0, 0.1) is 5.82 Å². The van der Waals surface area contributed by atoms with Crippen molar-refractivity contribution in [3.63, 3.8) is 0 Å². The van der Waals surface area contributed by atoms with Gasteiger partial charge in [0.2, 0.25) is 11.9 Å². The fourth-order valence-corrected chi connectivity index (χ4v) is 2.55. The van der Waals surface area contributed by atoms with E-state index in [0.717, 1.165) is 11.0 Å². The Balaban J connectivity index is 1.92. The highest BCUT2D eigenvalue weighted by molar-refractivity contribution is 6.15. The van der Waals surface area contributed by atoms with Crippen LogP contribution in [-0.4, -0.2) is 21.2 Å². The third-order valence-electron chi connectivity index (χ3n) is 3.50. The van der Waals surface area contributed by atoms with Crippen LogP contribution < -0.4 is 0 Å². The van der Waals surface area contributed by atoms with Gasteiger partial charge >= 0.3 is 0 Å². The molecule has 3 aromatic rings. The normalized spacial score (nSPS) is 14.1. The van der Waals surface area contributed by atoms with Crippen molar-refractivity contribution in [1.82, 2.24) is 9.55 Å². The van der Waals surface area contributed by atoms with Gasteiger partial charge in [-0.3, -0.25) is 4.79 Å². The zero-order valence-electron chi connectivity index (χ0n) is 11.0. The second-order valence-electron chi connectivity index (χ2n) is 4.88. The Morgan fingerprint density at radius 3 is 2.81 bits per heavy atom. The van der Waals surface area contributed by atoms with Crippen molar-refractivity contribution in [2.45, 2.75) is 6.42 Å². The van der Waals surface area contributed by atoms with Gasteiger partial charge < -0.3 is 0 Å². The third-order valence-corrected chi connectivity index (χ3v) is 3.50. The molecule has 0 radical (unpaired) electrons. The van der Waals surface area contributed by atoms with E-state index in [9.17, 15) is 9.18 Å². The Kier molecular flexibility index (Phi) is 2.47. The van der Waals surface area contributed by atoms with Gasteiger partial charge in [0.25, 0.3) is 0 Å². The summed E-state index contributed by atoms with van der Waals surface area (Å²) in [6, 6.07) is 13.5. The van der Waals surface area contributed by atoms with E-state index in [0.29, 0.717) is 17.2 Å². The van der Waals surface area contributed by atoms with E-state index in [1.165, 1.54) is 16.7 Å². The summed E-state index contributed by atoms with van der Waals surface area (Å²) in [5.74, 6) is -0.0959. The van der Waals surface area contributed by atoms with E-state index in [1.807, 2.05) is 24.3 Å². The summed E-state index contributed by atoms with van der Waals surface area (Å²) in [6.45, 7) is 0. The molecule has 2 aromatic carbocycles. The number of halogens is 1. The summed E-state index contributed by atoms with van der Waals surface area (Å²) in [5, 5.41) is 0. The van der Waals surface area contributed by atoms with Crippen LogP contribution in [0.1, 0.15) is 16.8 Å². The molecule has 5 heteroatoms. The summed E-state index contributed by atoms with van der Waals surface area (Å²) < 4.78 is 14.8. The monoisotopic (exact) mass is 279 g/mol. The highest BCUT2D eigenvalue weighted by Crippen LogP contribution is 2.27. The quantitative estimate of drug-likeness (QED) is 0.686. The number of nitrogens with zero attached hydrogens (tertiary/aromatic N) is 3. The van der Waals surface area contributed by atoms with Crippen LogP contribution >= 0.6 is 0 Å². The topological polar surface area (TPSA) is 47.2 Å². The Morgan fingerprint density at radius 2 is 1.95 bits per heavy atom. The van der Waals surface area contributed by atoms with Gasteiger partial charge in [0.15, 0.2) is 0 Å². The Labute approximate surface area is 119 Å². The lowest BCUT2D eigenvalue weighted by Crippen LogP contribution is -2.20. The van der Waals surface area contributed by atoms with E-state index in [-0.39, 0.29) is 18.1 Å². The maximum Gasteiger partial charge on any atom is 0.240 e. The average Bonchev–Trinajstić information content (AvgIpc) is 2.86. The van der Waals surface area contributed by atoms with Crippen molar-refractivity contribution in [1.29, 1.82) is 0 Å². The number of benzene rings is 2. The molecule has 2 heterocycles. The number of imidazole rings is 1. The van der Waals surface area contributed by atoms with Gasteiger partial charge in [0, 0.05) is 0 Å². The predicted molar refractivity (Wildman–Crippen MR) is 77.6 cm³/mol. The maximum atomic E-state index is 13.3. The molecule has 1 aliphatic heterocycles. The molecule has 21 heavy (non-hydrogen) atoms. The van der Waals surface area contributed by atoms with Crippen molar-refractivity contribution in [2.24, 2.45) is 4.99 Å². The first kappa shape index (κ1) is 12.0. The van der Waals surface area contributed by atoms with E-state index in [2.05, 4.69) is 9.98 Å². The van der Waals surface area contributed by atoms with Gasteiger partial charge in [0.1, 0.15) is 5.82 Å². The molecule has 4 nitrogen and oxygen atoms in total. The molecule has 102 valence electrons. The second-order valence-corrected chi connectivity index (χ2v) is 4.88. The van der Waals surface area contributed by atoms with Crippen molar-refractivity contribution >= 4 is 28.6 Å². The summed E-state index contributed by atoms with van der Waals surface area (Å²) in [6.07, 6.45) is 0.136. The SMILES string of the molecule is O=C1CC(c2cccc(F)c2)=Nc2nc3ccccc3n21. The smallest absolute Gasteiger partial charge is 0.240 e. The lowest BCUT2D eigenvalue weighted by atomic mass is 10.1.